The van der Waals surface area contributed by atoms with E-state index < -0.39 is 0 Å². The first-order valence-corrected chi connectivity index (χ1v) is 7.56. The molecule has 0 fully saturated rings. The van der Waals surface area contributed by atoms with Crippen LogP contribution in [0.4, 0.5) is 0 Å². The molecule has 0 unspecified atom stereocenters. The van der Waals surface area contributed by atoms with Crippen molar-refractivity contribution in [3.05, 3.63) is 52.2 Å². The van der Waals surface area contributed by atoms with E-state index in [9.17, 15) is 9.90 Å². The Balaban J connectivity index is 2.09. The third kappa shape index (κ3) is 3.83. The highest BCUT2D eigenvalue weighted by molar-refractivity contribution is 7.10. The standard InChI is InChI=1S/C16H19NO3S/c1-17(16(19)10-14-4-3-9-21-14)15(11-18)12-5-7-13(20-2)8-6-12/h3-9,15,18H,10-11H2,1-2H3/t15-/m1/s1. The largest absolute Gasteiger partial charge is 0.497 e. The van der Waals surface area contributed by atoms with Crippen LogP contribution in [0.1, 0.15) is 16.5 Å². The Morgan fingerprint density at radius 1 is 1.33 bits per heavy atom. The first kappa shape index (κ1) is 15.5. The number of carbonyl (C=O) groups is 1. The van der Waals surface area contributed by atoms with Crippen molar-refractivity contribution in [3.63, 3.8) is 0 Å². The number of hydrogen-bond acceptors (Lipinski definition) is 4. The minimum Gasteiger partial charge on any atom is -0.497 e. The predicted octanol–water partition coefficient (Wildman–Crippen LogP) is 2.49. The molecule has 1 aromatic heterocycles. The first-order chi connectivity index (χ1) is 10.2. The zero-order valence-electron chi connectivity index (χ0n) is 12.2. The Hall–Kier alpha value is -1.85. The van der Waals surface area contributed by atoms with E-state index in [0.29, 0.717) is 6.42 Å². The van der Waals surface area contributed by atoms with Gasteiger partial charge in [0.15, 0.2) is 0 Å². The quantitative estimate of drug-likeness (QED) is 0.892. The number of hydrogen-bond donors (Lipinski definition) is 1. The van der Waals surface area contributed by atoms with Gasteiger partial charge < -0.3 is 14.7 Å². The summed E-state index contributed by atoms with van der Waals surface area (Å²) in [5, 5.41) is 11.6. The lowest BCUT2D eigenvalue weighted by Gasteiger charge is -2.27. The molecule has 2 rings (SSSR count). The van der Waals surface area contributed by atoms with Crippen LogP contribution >= 0.6 is 11.3 Å². The third-order valence-electron chi connectivity index (χ3n) is 3.44. The molecule has 0 spiro atoms. The maximum absolute atomic E-state index is 12.3. The van der Waals surface area contributed by atoms with Gasteiger partial charge in [0, 0.05) is 11.9 Å². The molecule has 1 aromatic carbocycles. The molecule has 1 atom stereocenters. The van der Waals surface area contributed by atoms with Gasteiger partial charge in [0.2, 0.25) is 5.91 Å². The zero-order valence-corrected chi connectivity index (χ0v) is 13.0. The van der Waals surface area contributed by atoms with Crippen molar-refractivity contribution in [2.75, 3.05) is 20.8 Å². The van der Waals surface area contributed by atoms with Crippen molar-refractivity contribution in [1.29, 1.82) is 0 Å². The summed E-state index contributed by atoms with van der Waals surface area (Å²) in [5.74, 6) is 0.746. The lowest BCUT2D eigenvalue weighted by atomic mass is 10.1. The number of thiophene rings is 1. The lowest BCUT2D eigenvalue weighted by molar-refractivity contribution is -0.132. The maximum Gasteiger partial charge on any atom is 0.228 e. The van der Waals surface area contributed by atoms with E-state index in [1.54, 1.807) is 30.4 Å². The number of likely N-dealkylation sites (N-methyl/N-ethyl adjacent to an activating group) is 1. The number of benzene rings is 1. The van der Waals surface area contributed by atoms with Crippen LogP contribution in [0.2, 0.25) is 0 Å². The minimum atomic E-state index is -0.344. The Bertz CT molecular complexity index is 566. The average Bonchev–Trinajstić information content (AvgIpc) is 3.01. The molecule has 0 aliphatic carbocycles. The minimum absolute atomic E-state index is 0.00711. The number of ether oxygens (including phenoxy) is 1. The van der Waals surface area contributed by atoms with Gasteiger partial charge in [0.05, 0.1) is 26.2 Å². The van der Waals surface area contributed by atoms with Gasteiger partial charge in [-0.05, 0) is 29.1 Å². The highest BCUT2D eigenvalue weighted by atomic mass is 32.1. The summed E-state index contributed by atoms with van der Waals surface area (Å²) in [6.45, 7) is -0.112. The number of aliphatic hydroxyl groups excluding tert-OH is 1. The lowest BCUT2D eigenvalue weighted by Crippen LogP contribution is -2.34. The van der Waals surface area contributed by atoms with Gasteiger partial charge in [-0.15, -0.1) is 11.3 Å². The average molecular weight is 305 g/mol. The molecule has 2 aromatic rings. The molecule has 4 nitrogen and oxygen atoms in total. The molecule has 112 valence electrons. The number of rotatable bonds is 6. The topological polar surface area (TPSA) is 49.8 Å². The van der Waals surface area contributed by atoms with E-state index in [2.05, 4.69) is 0 Å². The zero-order chi connectivity index (χ0) is 15.2. The van der Waals surface area contributed by atoms with Crippen molar-refractivity contribution in [3.8, 4) is 5.75 Å². The third-order valence-corrected chi connectivity index (χ3v) is 4.32. The van der Waals surface area contributed by atoms with Crippen molar-refractivity contribution >= 4 is 17.2 Å². The summed E-state index contributed by atoms with van der Waals surface area (Å²) < 4.78 is 5.12. The van der Waals surface area contributed by atoms with Crippen LogP contribution in [-0.4, -0.2) is 36.7 Å². The van der Waals surface area contributed by atoms with Gasteiger partial charge in [0.1, 0.15) is 5.75 Å². The summed E-state index contributed by atoms with van der Waals surface area (Å²) in [4.78, 5) is 14.9. The molecule has 1 amide bonds. The normalized spacial score (nSPS) is 12.0. The summed E-state index contributed by atoms with van der Waals surface area (Å²) in [6, 6.07) is 10.9. The van der Waals surface area contributed by atoms with Crippen molar-refractivity contribution < 1.29 is 14.6 Å². The van der Waals surface area contributed by atoms with Gasteiger partial charge in [-0.25, -0.2) is 0 Å². The monoisotopic (exact) mass is 305 g/mol. The SMILES string of the molecule is COc1ccc([C@@H](CO)N(C)C(=O)Cc2cccs2)cc1. The van der Waals surface area contributed by atoms with Crippen LogP contribution in [0, 0.1) is 0 Å². The van der Waals surface area contributed by atoms with Crippen LogP contribution in [0.15, 0.2) is 41.8 Å². The van der Waals surface area contributed by atoms with Crippen molar-refractivity contribution in [2.45, 2.75) is 12.5 Å². The molecule has 0 aliphatic heterocycles. The smallest absolute Gasteiger partial charge is 0.228 e. The van der Waals surface area contributed by atoms with E-state index in [-0.39, 0.29) is 18.6 Å². The molecule has 5 heteroatoms. The van der Waals surface area contributed by atoms with E-state index in [0.717, 1.165) is 16.2 Å². The van der Waals surface area contributed by atoms with Gasteiger partial charge in [-0.3, -0.25) is 4.79 Å². The van der Waals surface area contributed by atoms with E-state index in [4.69, 9.17) is 4.74 Å². The number of methoxy groups -OCH3 is 1. The number of nitrogens with zero attached hydrogens (tertiary/aromatic N) is 1. The maximum atomic E-state index is 12.3. The van der Waals surface area contributed by atoms with Crippen LogP contribution in [0.5, 0.6) is 5.75 Å². The van der Waals surface area contributed by atoms with Crippen molar-refractivity contribution in [1.82, 2.24) is 4.90 Å². The molecule has 0 bridgehead atoms. The van der Waals surface area contributed by atoms with Gasteiger partial charge >= 0.3 is 0 Å². The van der Waals surface area contributed by atoms with Crippen LogP contribution in [-0.2, 0) is 11.2 Å². The molecule has 0 saturated heterocycles. The van der Waals surface area contributed by atoms with Crippen LogP contribution in [0.25, 0.3) is 0 Å². The summed E-state index contributed by atoms with van der Waals surface area (Å²) in [6.07, 6.45) is 0.362. The van der Waals surface area contributed by atoms with E-state index >= 15 is 0 Å². The fourth-order valence-corrected chi connectivity index (χ4v) is 2.83. The number of carbonyl (C=O) groups excluding carboxylic acids is 1. The molecular formula is C16H19NO3S. The summed E-state index contributed by atoms with van der Waals surface area (Å²) >= 11 is 1.56. The van der Waals surface area contributed by atoms with Crippen molar-refractivity contribution in [2.24, 2.45) is 0 Å². The molecule has 1 heterocycles. The van der Waals surface area contributed by atoms with Crippen LogP contribution in [0.3, 0.4) is 0 Å². The van der Waals surface area contributed by atoms with Gasteiger partial charge in [-0.1, -0.05) is 18.2 Å². The number of aliphatic hydroxyl groups is 1. The molecule has 0 radical (unpaired) electrons. The highest BCUT2D eigenvalue weighted by Gasteiger charge is 2.21. The fraction of sp³-hybridized carbons (Fsp3) is 0.312. The molecule has 21 heavy (non-hydrogen) atoms. The Kier molecular flexibility index (Phi) is 5.36. The Morgan fingerprint density at radius 3 is 2.57 bits per heavy atom. The number of amides is 1. The summed E-state index contributed by atoms with van der Waals surface area (Å²) in [5.41, 5.74) is 0.889. The first-order valence-electron chi connectivity index (χ1n) is 6.68. The molecule has 0 saturated carbocycles. The summed E-state index contributed by atoms with van der Waals surface area (Å²) in [7, 11) is 3.33. The second-order valence-electron chi connectivity index (χ2n) is 4.73. The fourth-order valence-electron chi connectivity index (χ4n) is 2.14. The molecule has 1 N–H and O–H groups in total. The second-order valence-corrected chi connectivity index (χ2v) is 5.76. The predicted molar refractivity (Wildman–Crippen MR) is 83.6 cm³/mol. The second kappa shape index (κ2) is 7.24. The Labute approximate surface area is 128 Å². The highest BCUT2D eigenvalue weighted by Crippen LogP contribution is 2.23. The van der Waals surface area contributed by atoms with Gasteiger partial charge in [-0.2, -0.15) is 0 Å². The molecular weight excluding hydrogens is 286 g/mol. The van der Waals surface area contributed by atoms with E-state index in [1.165, 1.54) is 0 Å². The van der Waals surface area contributed by atoms with Crippen LogP contribution < -0.4 is 4.74 Å². The Morgan fingerprint density at radius 2 is 2.05 bits per heavy atom. The van der Waals surface area contributed by atoms with Gasteiger partial charge in [0.25, 0.3) is 0 Å². The molecule has 0 aliphatic rings. The van der Waals surface area contributed by atoms with E-state index in [1.807, 2.05) is 41.8 Å².